The molecule has 5 nitrogen and oxygen atoms in total. The second-order valence-corrected chi connectivity index (χ2v) is 7.10. The molecule has 0 radical (unpaired) electrons. The quantitative estimate of drug-likeness (QED) is 0.725. The van der Waals surface area contributed by atoms with Gasteiger partial charge in [-0.25, -0.2) is 0 Å². The number of hydrogen-bond acceptors (Lipinski definition) is 3. The summed E-state index contributed by atoms with van der Waals surface area (Å²) in [6.45, 7) is 3.51. The average Bonchev–Trinajstić information content (AvgIpc) is 2.67. The number of nitrogens with zero attached hydrogens (tertiary/aromatic N) is 2. The van der Waals surface area contributed by atoms with Crippen LogP contribution in [-0.2, 0) is 4.79 Å². The predicted molar refractivity (Wildman–Crippen MR) is 102 cm³/mol. The zero-order chi connectivity index (χ0) is 18.7. The lowest BCUT2D eigenvalue weighted by molar-refractivity contribution is -0.130. The molecule has 0 aliphatic carbocycles. The van der Waals surface area contributed by atoms with Crippen molar-refractivity contribution >= 4 is 33.5 Å². The molecule has 26 heavy (non-hydrogen) atoms. The van der Waals surface area contributed by atoms with E-state index in [1.165, 1.54) is 6.92 Å². The Hall–Kier alpha value is -2.47. The van der Waals surface area contributed by atoms with Gasteiger partial charge in [-0.2, -0.15) is 0 Å². The van der Waals surface area contributed by atoms with Crippen LogP contribution in [0.1, 0.15) is 33.2 Å². The Morgan fingerprint density at radius 2 is 1.35 bits per heavy atom. The van der Waals surface area contributed by atoms with Crippen LogP contribution in [0.2, 0.25) is 0 Å². The molecule has 6 heteroatoms. The fourth-order valence-corrected chi connectivity index (χ4v) is 3.28. The summed E-state index contributed by atoms with van der Waals surface area (Å²) in [6, 6.07) is 14.0. The Morgan fingerprint density at radius 3 is 1.92 bits per heavy atom. The molecule has 2 aromatic carbocycles. The van der Waals surface area contributed by atoms with Crippen molar-refractivity contribution in [3.05, 3.63) is 69.7 Å². The van der Waals surface area contributed by atoms with Crippen LogP contribution in [0.4, 0.5) is 0 Å². The summed E-state index contributed by atoms with van der Waals surface area (Å²) in [6.07, 6.45) is 0. The Bertz CT molecular complexity index is 840. The summed E-state index contributed by atoms with van der Waals surface area (Å²) in [7, 11) is 0. The summed E-state index contributed by atoms with van der Waals surface area (Å²) in [5.74, 6) is -0.332. The van der Waals surface area contributed by atoms with Gasteiger partial charge < -0.3 is 9.80 Å². The maximum Gasteiger partial charge on any atom is 0.254 e. The summed E-state index contributed by atoms with van der Waals surface area (Å²) in [5.41, 5.74) is 1.33. The predicted octanol–water partition coefficient (Wildman–Crippen LogP) is 2.98. The van der Waals surface area contributed by atoms with Gasteiger partial charge in [0.2, 0.25) is 5.91 Å². The number of carbonyl (C=O) groups is 3. The first kappa shape index (κ1) is 18.3. The van der Waals surface area contributed by atoms with Gasteiger partial charge in [-0.15, -0.1) is 0 Å². The summed E-state index contributed by atoms with van der Waals surface area (Å²) in [4.78, 5) is 40.7. The second kappa shape index (κ2) is 7.83. The summed E-state index contributed by atoms with van der Waals surface area (Å²) < 4.78 is 0.891. The number of benzene rings is 2. The van der Waals surface area contributed by atoms with Crippen molar-refractivity contribution in [2.75, 3.05) is 26.2 Å². The van der Waals surface area contributed by atoms with Crippen molar-refractivity contribution in [2.24, 2.45) is 0 Å². The molecular weight excluding hydrogens is 396 g/mol. The van der Waals surface area contributed by atoms with Crippen molar-refractivity contribution in [1.82, 2.24) is 9.80 Å². The van der Waals surface area contributed by atoms with Gasteiger partial charge in [-0.05, 0) is 30.3 Å². The molecule has 134 valence electrons. The summed E-state index contributed by atoms with van der Waals surface area (Å²) >= 11 is 3.36. The third kappa shape index (κ3) is 3.85. The van der Waals surface area contributed by atoms with E-state index >= 15 is 0 Å². The van der Waals surface area contributed by atoms with E-state index in [1.54, 1.807) is 58.3 Å². The molecular formula is C20H19BrN2O3. The number of amides is 2. The summed E-state index contributed by atoms with van der Waals surface area (Å²) in [5, 5.41) is 0. The van der Waals surface area contributed by atoms with Gasteiger partial charge in [-0.1, -0.05) is 34.1 Å². The molecule has 0 bridgehead atoms. The average molecular weight is 415 g/mol. The van der Waals surface area contributed by atoms with Crippen molar-refractivity contribution in [3.63, 3.8) is 0 Å². The van der Waals surface area contributed by atoms with Crippen molar-refractivity contribution < 1.29 is 14.4 Å². The molecule has 3 rings (SSSR count). The Balaban J connectivity index is 1.83. The van der Waals surface area contributed by atoms with Crippen LogP contribution in [0.5, 0.6) is 0 Å². The minimum atomic E-state index is -0.177. The molecule has 1 aliphatic rings. The highest BCUT2D eigenvalue weighted by Gasteiger charge is 2.26. The van der Waals surface area contributed by atoms with E-state index in [0.717, 1.165) is 4.47 Å². The number of halogens is 1. The van der Waals surface area contributed by atoms with Gasteiger partial charge in [0.1, 0.15) is 0 Å². The molecule has 0 atom stereocenters. The fraction of sp³-hybridized carbons (Fsp3) is 0.250. The molecule has 0 unspecified atom stereocenters. The Labute approximate surface area is 160 Å². The fourth-order valence-electron chi connectivity index (χ4n) is 3.02. The second-order valence-electron chi connectivity index (χ2n) is 6.18. The highest BCUT2D eigenvalue weighted by Crippen LogP contribution is 2.19. The Kier molecular flexibility index (Phi) is 5.52. The van der Waals surface area contributed by atoms with Gasteiger partial charge in [0.15, 0.2) is 5.78 Å². The largest absolute Gasteiger partial charge is 0.339 e. The molecule has 0 saturated carbocycles. The number of carbonyl (C=O) groups excluding carboxylic acids is 3. The molecule has 2 amide bonds. The molecule has 2 aromatic rings. The van der Waals surface area contributed by atoms with Crippen LogP contribution < -0.4 is 0 Å². The monoisotopic (exact) mass is 414 g/mol. The first-order valence-electron chi connectivity index (χ1n) is 8.41. The van der Waals surface area contributed by atoms with Gasteiger partial charge in [0.25, 0.3) is 5.91 Å². The van der Waals surface area contributed by atoms with E-state index in [9.17, 15) is 14.4 Å². The van der Waals surface area contributed by atoms with E-state index in [1.807, 2.05) is 0 Å². The van der Waals surface area contributed by atoms with Crippen LogP contribution in [0.3, 0.4) is 0 Å². The van der Waals surface area contributed by atoms with E-state index in [0.29, 0.717) is 42.9 Å². The molecule has 0 aromatic heterocycles. The van der Waals surface area contributed by atoms with E-state index in [2.05, 4.69) is 15.9 Å². The normalized spacial score (nSPS) is 14.2. The first-order valence-corrected chi connectivity index (χ1v) is 9.21. The number of ketones is 1. The molecule has 1 heterocycles. The van der Waals surface area contributed by atoms with Crippen LogP contribution in [0.15, 0.2) is 53.0 Å². The van der Waals surface area contributed by atoms with Crippen molar-refractivity contribution in [2.45, 2.75) is 6.92 Å². The SMILES string of the molecule is CC(=O)N1CCN(C(=O)c2ccccc2C(=O)c2ccc(Br)cc2)CC1. The highest BCUT2D eigenvalue weighted by molar-refractivity contribution is 9.10. The first-order chi connectivity index (χ1) is 12.5. The van der Waals surface area contributed by atoms with Gasteiger partial charge in [0, 0.05) is 48.7 Å². The van der Waals surface area contributed by atoms with Crippen molar-refractivity contribution in [1.29, 1.82) is 0 Å². The smallest absolute Gasteiger partial charge is 0.254 e. The molecule has 1 aliphatic heterocycles. The molecule has 0 N–H and O–H groups in total. The third-order valence-electron chi connectivity index (χ3n) is 4.52. The standard InChI is InChI=1S/C20H19BrN2O3/c1-14(24)22-10-12-23(13-11-22)20(26)18-5-3-2-4-17(18)19(25)15-6-8-16(21)9-7-15/h2-9H,10-13H2,1H3. The lowest BCUT2D eigenvalue weighted by Gasteiger charge is -2.34. The van der Waals surface area contributed by atoms with Crippen LogP contribution in [-0.4, -0.2) is 53.6 Å². The zero-order valence-electron chi connectivity index (χ0n) is 14.4. The highest BCUT2D eigenvalue weighted by atomic mass is 79.9. The van der Waals surface area contributed by atoms with E-state index < -0.39 is 0 Å². The van der Waals surface area contributed by atoms with E-state index in [4.69, 9.17) is 0 Å². The third-order valence-corrected chi connectivity index (χ3v) is 5.05. The molecule has 1 saturated heterocycles. The lowest BCUT2D eigenvalue weighted by Crippen LogP contribution is -2.50. The van der Waals surface area contributed by atoms with E-state index in [-0.39, 0.29) is 17.6 Å². The van der Waals surface area contributed by atoms with Crippen molar-refractivity contribution in [3.8, 4) is 0 Å². The van der Waals surface area contributed by atoms with Gasteiger partial charge in [0.05, 0.1) is 5.56 Å². The molecule has 0 spiro atoms. The van der Waals surface area contributed by atoms with Crippen LogP contribution in [0.25, 0.3) is 0 Å². The number of piperazine rings is 1. The topological polar surface area (TPSA) is 57.7 Å². The zero-order valence-corrected chi connectivity index (χ0v) is 16.0. The van der Waals surface area contributed by atoms with Gasteiger partial charge in [-0.3, -0.25) is 14.4 Å². The van der Waals surface area contributed by atoms with Crippen LogP contribution >= 0.6 is 15.9 Å². The Morgan fingerprint density at radius 1 is 0.808 bits per heavy atom. The maximum absolute atomic E-state index is 12.9. The van der Waals surface area contributed by atoms with Crippen LogP contribution in [0, 0.1) is 0 Å². The maximum atomic E-state index is 12.9. The number of hydrogen-bond donors (Lipinski definition) is 0. The lowest BCUT2D eigenvalue weighted by atomic mass is 9.97. The minimum Gasteiger partial charge on any atom is -0.339 e. The minimum absolute atomic E-state index is 0.0166. The van der Waals surface area contributed by atoms with Gasteiger partial charge >= 0.3 is 0 Å². The number of rotatable bonds is 3. The molecule has 1 fully saturated rings.